The molecule has 6 heteroatoms. The van der Waals surface area contributed by atoms with Crippen molar-refractivity contribution in [3.8, 4) is 11.5 Å². The van der Waals surface area contributed by atoms with Crippen molar-refractivity contribution >= 4 is 11.9 Å². The van der Waals surface area contributed by atoms with Crippen LogP contribution in [0.15, 0.2) is 48.5 Å². The molecular formula is C14H11O6-. The number of benzene rings is 2. The first-order valence-electron chi connectivity index (χ1n) is 5.44. The summed E-state index contributed by atoms with van der Waals surface area (Å²) in [4.78, 5) is 20.5. The Balaban J connectivity index is 0.000000200. The number of aromatic carboxylic acids is 2. The zero-order valence-electron chi connectivity index (χ0n) is 10.2. The largest absolute Gasteiger partial charge is 0.872 e. The van der Waals surface area contributed by atoms with Crippen LogP contribution in [0.25, 0.3) is 0 Å². The van der Waals surface area contributed by atoms with E-state index in [1.54, 1.807) is 12.1 Å². The summed E-state index contributed by atoms with van der Waals surface area (Å²) in [5.74, 6) is -2.94. The molecule has 0 aliphatic heterocycles. The SMILES string of the molecule is O=C(O)c1ccccc1O.O=C(O)c1ccccc1[O-]. The van der Waals surface area contributed by atoms with Gasteiger partial charge < -0.3 is 20.4 Å². The molecule has 0 aliphatic rings. The highest BCUT2D eigenvalue weighted by Crippen LogP contribution is 2.14. The number of carboxylic acid groups (broad SMARTS) is 2. The summed E-state index contributed by atoms with van der Waals surface area (Å²) in [5, 5.41) is 36.4. The molecule has 0 fully saturated rings. The van der Waals surface area contributed by atoms with Crippen LogP contribution in [-0.4, -0.2) is 27.3 Å². The van der Waals surface area contributed by atoms with Crippen molar-refractivity contribution in [2.45, 2.75) is 0 Å². The van der Waals surface area contributed by atoms with Crippen molar-refractivity contribution in [1.29, 1.82) is 0 Å². The smallest absolute Gasteiger partial charge is 0.339 e. The normalized spacial score (nSPS) is 9.20. The van der Waals surface area contributed by atoms with E-state index in [-0.39, 0.29) is 16.9 Å². The summed E-state index contributed by atoms with van der Waals surface area (Å²) in [7, 11) is 0. The van der Waals surface area contributed by atoms with Crippen LogP contribution in [-0.2, 0) is 0 Å². The van der Waals surface area contributed by atoms with Gasteiger partial charge in [0, 0.05) is 0 Å². The maximum Gasteiger partial charge on any atom is 0.339 e. The predicted octanol–water partition coefficient (Wildman–Crippen LogP) is 1.55. The fourth-order valence-corrected chi connectivity index (χ4v) is 1.30. The van der Waals surface area contributed by atoms with Gasteiger partial charge in [0.2, 0.25) is 0 Å². The number of phenols is 1. The van der Waals surface area contributed by atoms with Gasteiger partial charge in [0.1, 0.15) is 11.3 Å². The Morgan fingerprint density at radius 2 is 1.25 bits per heavy atom. The fraction of sp³-hybridized carbons (Fsp3) is 0. The number of hydrogen-bond acceptors (Lipinski definition) is 4. The third-order valence-corrected chi connectivity index (χ3v) is 2.25. The molecule has 0 heterocycles. The van der Waals surface area contributed by atoms with Crippen molar-refractivity contribution < 1.29 is 30.0 Å². The molecular weight excluding hydrogens is 264 g/mol. The Morgan fingerprint density at radius 1 is 0.800 bits per heavy atom. The van der Waals surface area contributed by atoms with Gasteiger partial charge in [0.25, 0.3) is 0 Å². The highest BCUT2D eigenvalue weighted by atomic mass is 16.4. The zero-order chi connectivity index (χ0) is 15.1. The Labute approximate surface area is 114 Å². The van der Waals surface area contributed by atoms with Gasteiger partial charge >= 0.3 is 11.9 Å². The number of carbonyl (C=O) groups is 2. The van der Waals surface area contributed by atoms with Crippen molar-refractivity contribution in [1.82, 2.24) is 0 Å². The van der Waals surface area contributed by atoms with Crippen LogP contribution in [0.5, 0.6) is 11.5 Å². The summed E-state index contributed by atoms with van der Waals surface area (Å²) in [6.45, 7) is 0. The third-order valence-electron chi connectivity index (χ3n) is 2.25. The van der Waals surface area contributed by atoms with E-state index >= 15 is 0 Å². The van der Waals surface area contributed by atoms with E-state index in [1.165, 1.54) is 36.4 Å². The van der Waals surface area contributed by atoms with Gasteiger partial charge in [-0.15, -0.1) is 0 Å². The van der Waals surface area contributed by atoms with Crippen molar-refractivity contribution in [3.05, 3.63) is 59.7 Å². The zero-order valence-corrected chi connectivity index (χ0v) is 10.2. The molecule has 0 aliphatic carbocycles. The van der Waals surface area contributed by atoms with Gasteiger partial charge in [-0.05, 0) is 18.2 Å². The average Bonchev–Trinajstić information content (AvgIpc) is 2.40. The van der Waals surface area contributed by atoms with E-state index in [9.17, 15) is 14.7 Å². The summed E-state index contributed by atoms with van der Waals surface area (Å²) in [5.41, 5.74) is -0.245. The Morgan fingerprint density at radius 3 is 1.60 bits per heavy atom. The molecule has 2 aromatic rings. The van der Waals surface area contributed by atoms with Gasteiger partial charge in [-0.25, -0.2) is 9.59 Å². The van der Waals surface area contributed by atoms with Crippen LogP contribution in [0.4, 0.5) is 0 Å². The predicted molar refractivity (Wildman–Crippen MR) is 67.9 cm³/mol. The van der Waals surface area contributed by atoms with Gasteiger partial charge in [0.05, 0.1) is 5.56 Å². The number of aromatic hydroxyl groups is 1. The second-order valence-electron chi connectivity index (χ2n) is 3.62. The molecule has 0 radical (unpaired) electrons. The highest BCUT2D eigenvalue weighted by molar-refractivity contribution is 5.90. The van der Waals surface area contributed by atoms with E-state index < -0.39 is 17.7 Å². The minimum Gasteiger partial charge on any atom is -0.872 e. The van der Waals surface area contributed by atoms with Crippen molar-refractivity contribution in [2.24, 2.45) is 0 Å². The maximum atomic E-state index is 10.7. The Bertz CT molecular complexity index is 565. The van der Waals surface area contributed by atoms with Gasteiger partial charge in [0.15, 0.2) is 0 Å². The molecule has 20 heavy (non-hydrogen) atoms. The molecule has 6 nitrogen and oxygen atoms in total. The summed E-state index contributed by atoms with van der Waals surface area (Å²) < 4.78 is 0. The van der Waals surface area contributed by atoms with Gasteiger partial charge in [-0.3, -0.25) is 0 Å². The lowest BCUT2D eigenvalue weighted by Crippen LogP contribution is -2.02. The lowest BCUT2D eigenvalue weighted by atomic mass is 10.2. The van der Waals surface area contributed by atoms with Gasteiger partial charge in [-0.1, -0.05) is 36.1 Å². The lowest BCUT2D eigenvalue weighted by molar-refractivity contribution is -0.268. The molecule has 104 valence electrons. The van der Waals surface area contributed by atoms with E-state index in [1.807, 2.05) is 0 Å². The van der Waals surface area contributed by atoms with Gasteiger partial charge in [-0.2, -0.15) is 0 Å². The first-order chi connectivity index (χ1) is 9.43. The second kappa shape index (κ2) is 6.79. The highest BCUT2D eigenvalue weighted by Gasteiger charge is 2.05. The van der Waals surface area contributed by atoms with Crippen LogP contribution in [0.1, 0.15) is 20.7 Å². The quantitative estimate of drug-likeness (QED) is 0.765. The molecule has 0 bridgehead atoms. The summed E-state index contributed by atoms with van der Waals surface area (Å²) in [6.07, 6.45) is 0. The number of para-hydroxylation sites is 2. The Kier molecular flexibility index (Phi) is 5.11. The number of carboxylic acids is 2. The van der Waals surface area contributed by atoms with Crippen LogP contribution in [0.3, 0.4) is 0 Å². The average molecular weight is 275 g/mol. The minimum atomic E-state index is -1.18. The van der Waals surface area contributed by atoms with Crippen molar-refractivity contribution in [2.75, 3.05) is 0 Å². The molecule has 0 spiro atoms. The van der Waals surface area contributed by atoms with Crippen LogP contribution >= 0.6 is 0 Å². The van der Waals surface area contributed by atoms with Crippen molar-refractivity contribution in [3.63, 3.8) is 0 Å². The van der Waals surface area contributed by atoms with E-state index in [0.717, 1.165) is 0 Å². The van der Waals surface area contributed by atoms with Crippen LogP contribution in [0.2, 0.25) is 0 Å². The van der Waals surface area contributed by atoms with E-state index in [2.05, 4.69) is 0 Å². The molecule has 0 atom stereocenters. The maximum absolute atomic E-state index is 10.7. The molecule has 2 aromatic carbocycles. The minimum absolute atomic E-state index is 0.0671. The van der Waals surface area contributed by atoms with Crippen LogP contribution in [0, 0.1) is 0 Å². The number of rotatable bonds is 2. The summed E-state index contributed by atoms with van der Waals surface area (Å²) >= 11 is 0. The molecule has 3 N–H and O–H groups in total. The standard InChI is InChI=1S/2C7H6O3/c2*8-6-4-2-1-3-5(6)7(9)10/h2*1-4,8H,(H,9,10)/p-1. The molecule has 0 unspecified atom stereocenters. The molecule has 0 saturated carbocycles. The second-order valence-corrected chi connectivity index (χ2v) is 3.62. The Hall–Kier alpha value is -3.02. The fourth-order valence-electron chi connectivity index (χ4n) is 1.30. The first-order valence-corrected chi connectivity index (χ1v) is 5.44. The summed E-state index contributed by atoms with van der Waals surface area (Å²) in [6, 6.07) is 11.3. The van der Waals surface area contributed by atoms with Crippen LogP contribution < -0.4 is 5.11 Å². The first kappa shape index (κ1) is 15.0. The molecule has 2 rings (SSSR count). The molecule has 0 saturated heterocycles. The topological polar surface area (TPSA) is 118 Å². The van der Waals surface area contributed by atoms with E-state index in [0.29, 0.717) is 0 Å². The van der Waals surface area contributed by atoms with E-state index in [4.69, 9.17) is 15.3 Å². The monoisotopic (exact) mass is 275 g/mol. The molecule has 0 amide bonds. The molecule has 0 aromatic heterocycles. The third kappa shape index (κ3) is 4.02. The lowest BCUT2D eigenvalue weighted by Gasteiger charge is -2.07. The number of hydrogen-bond donors (Lipinski definition) is 3.